The number of nitrogens with zero attached hydrogens (tertiary/aromatic N) is 2. The molecule has 3 N–H and O–H groups in total. The third-order valence-electron chi connectivity index (χ3n) is 4.43. The second-order valence-electron chi connectivity index (χ2n) is 7.17. The summed E-state index contributed by atoms with van der Waals surface area (Å²) in [6.45, 7) is 1.87. The van der Waals surface area contributed by atoms with E-state index in [1.165, 1.54) is 23.0 Å². The van der Waals surface area contributed by atoms with E-state index in [0.717, 1.165) is 23.3 Å². The van der Waals surface area contributed by atoms with Gasteiger partial charge in [0.2, 0.25) is 11.8 Å². The van der Waals surface area contributed by atoms with E-state index in [1.54, 1.807) is 19.1 Å². The van der Waals surface area contributed by atoms with Gasteiger partial charge in [-0.2, -0.15) is 13.2 Å². The van der Waals surface area contributed by atoms with Gasteiger partial charge in [-0.15, -0.1) is 6.42 Å². The third-order valence-corrected chi connectivity index (χ3v) is 4.43. The van der Waals surface area contributed by atoms with Crippen LogP contribution in [-0.4, -0.2) is 16.4 Å². The van der Waals surface area contributed by atoms with Gasteiger partial charge >= 0.3 is 18.1 Å². The van der Waals surface area contributed by atoms with Crippen molar-refractivity contribution in [3.05, 3.63) is 89.3 Å². The average molecular weight is 469 g/mol. The minimum Gasteiger partial charge on any atom is -0.513 e. The Morgan fingerprint density at radius 3 is 2.62 bits per heavy atom. The predicted molar refractivity (Wildman–Crippen MR) is 120 cm³/mol. The number of rotatable bonds is 6. The molecule has 0 spiro atoms. The molecule has 1 aromatic heterocycles. The van der Waals surface area contributed by atoms with Crippen molar-refractivity contribution in [2.45, 2.75) is 19.6 Å². The maximum atomic E-state index is 12.8. The number of nitrogens with one attached hydrogen (secondary N) is 2. The van der Waals surface area contributed by atoms with Gasteiger partial charge in [0.05, 0.1) is 11.3 Å². The van der Waals surface area contributed by atoms with Crippen molar-refractivity contribution < 1.29 is 32.3 Å². The molecule has 2 amide bonds. The molecule has 2 aromatic carbocycles. The van der Waals surface area contributed by atoms with Crippen LogP contribution in [0.3, 0.4) is 0 Å². The first kappa shape index (κ1) is 24.1. The number of halogens is 3. The van der Waals surface area contributed by atoms with Gasteiger partial charge in [0, 0.05) is 11.3 Å². The number of benzene rings is 2. The molecule has 3 rings (SSSR count). The van der Waals surface area contributed by atoms with Crippen molar-refractivity contribution in [1.82, 2.24) is 5.27 Å². The molecule has 1 heterocycles. The topological polar surface area (TPSA) is 91.3 Å². The third kappa shape index (κ3) is 6.74. The van der Waals surface area contributed by atoms with Crippen LogP contribution < -0.4 is 15.3 Å². The quantitative estimate of drug-likeness (QED) is 0.202. The molecule has 0 aliphatic rings. The van der Waals surface area contributed by atoms with Gasteiger partial charge in [-0.1, -0.05) is 36.3 Å². The number of alkyl halides is 3. The summed E-state index contributed by atoms with van der Waals surface area (Å²) in [6, 6.07) is 10.8. The number of terminal acetylenes is 1. The zero-order chi connectivity index (χ0) is 24.7. The maximum Gasteiger partial charge on any atom is 0.416 e. The van der Waals surface area contributed by atoms with E-state index in [9.17, 15) is 23.1 Å². The molecule has 0 saturated carbocycles. The molecule has 34 heavy (non-hydrogen) atoms. The molecule has 0 fully saturated rings. The van der Waals surface area contributed by atoms with Gasteiger partial charge in [0.1, 0.15) is 0 Å². The summed E-state index contributed by atoms with van der Waals surface area (Å²) in [6.07, 6.45) is 5.36. The summed E-state index contributed by atoms with van der Waals surface area (Å²) >= 11 is 0. The van der Waals surface area contributed by atoms with Gasteiger partial charge in [0.25, 0.3) is 6.20 Å². The molecule has 0 unspecified atom stereocenters. The smallest absolute Gasteiger partial charge is 0.416 e. The normalized spacial score (nSPS) is 12.2. The van der Waals surface area contributed by atoms with Crippen molar-refractivity contribution in [1.29, 1.82) is 0 Å². The van der Waals surface area contributed by atoms with Crippen LogP contribution >= 0.6 is 0 Å². The first-order valence-corrected chi connectivity index (χ1v) is 9.88. The molecule has 0 atom stereocenters. The van der Waals surface area contributed by atoms with Crippen molar-refractivity contribution >= 4 is 23.2 Å². The highest BCUT2D eigenvalue weighted by Gasteiger charge is 2.30. The highest BCUT2D eigenvalue weighted by molar-refractivity contribution is 5.98. The van der Waals surface area contributed by atoms with E-state index in [0.29, 0.717) is 12.1 Å². The number of anilines is 2. The van der Waals surface area contributed by atoms with Gasteiger partial charge < -0.3 is 10.4 Å². The summed E-state index contributed by atoms with van der Waals surface area (Å²) in [7, 11) is 0. The first-order chi connectivity index (χ1) is 16.1. The van der Waals surface area contributed by atoms with Crippen LogP contribution in [0.25, 0.3) is 5.57 Å². The fourth-order valence-corrected chi connectivity index (χ4v) is 2.97. The number of carbonyl (C=O) groups is 1. The van der Waals surface area contributed by atoms with E-state index in [4.69, 9.17) is 10.9 Å². The minimum absolute atomic E-state index is 0.00361. The minimum atomic E-state index is -4.52. The van der Waals surface area contributed by atoms with Crippen molar-refractivity contribution in [3.8, 4) is 12.3 Å². The Balaban J connectivity index is 1.62. The predicted octanol–water partition coefficient (Wildman–Crippen LogP) is 5.15. The Bertz CT molecular complexity index is 1270. The number of carbonyl (C=O) groups excluding carboxylic acids is 1. The number of urea groups is 1. The number of aliphatic hydroxyl groups is 1. The Morgan fingerprint density at radius 2 is 1.97 bits per heavy atom. The highest BCUT2D eigenvalue weighted by atomic mass is 19.4. The molecular weight excluding hydrogens is 449 g/mol. The standard InChI is InChI=1S/C24H19F3N4O3/c1-3-5-19(12-16(2)32)18-10-8-17(9-11-18)14-31-15-22(34-30-31)29-23(33)28-21-7-4-6-20(13-21)24(25,26)27/h1,4-13,15H,14H2,2H3,(H2-,28,29,30,32,33)/p+1/b16-12+,19-5+. The lowest BCUT2D eigenvalue weighted by Gasteiger charge is -2.09. The Labute approximate surface area is 193 Å². The molecule has 174 valence electrons. The molecule has 3 aromatic rings. The van der Waals surface area contributed by atoms with E-state index in [1.807, 2.05) is 24.3 Å². The molecule has 0 saturated heterocycles. The van der Waals surface area contributed by atoms with Gasteiger partial charge in [-0.25, -0.2) is 4.79 Å². The second-order valence-corrected chi connectivity index (χ2v) is 7.17. The lowest BCUT2D eigenvalue weighted by molar-refractivity contribution is -0.754. The number of aliphatic hydroxyl groups excluding tert-OH is 1. The summed E-state index contributed by atoms with van der Waals surface area (Å²) in [4.78, 5) is 12.1. The van der Waals surface area contributed by atoms with Crippen molar-refractivity contribution in [2.24, 2.45) is 0 Å². The first-order valence-electron chi connectivity index (χ1n) is 9.88. The molecule has 0 aliphatic heterocycles. The van der Waals surface area contributed by atoms with E-state index in [-0.39, 0.29) is 17.3 Å². The fraction of sp³-hybridized carbons (Fsp3) is 0.125. The fourth-order valence-electron chi connectivity index (χ4n) is 2.97. The Hall–Kier alpha value is -4.52. The zero-order valence-electron chi connectivity index (χ0n) is 17.9. The SMILES string of the molecule is C#C/C=C(\C=C(/C)O)c1ccc(C[n+]2cc(NC(=O)Nc3cccc(C(F)(F)F)c3)on2)cc1. The number of amides is 2. The molecule has 0 radical (unpaired) electrons. The van der Waals surface area contributed by atoms with E-state index < -0.39 is 17.8 Å². The molecule has 10 heteroatoms. The van der Waals surface area contributed by atoms with Crippen LogP contribution in [0.15, 0.2) is 77.2 Å². The van der Waals surface area contributed by atoms with Gasteiger partial charge in [-0.3, -0.25) is 9.84 Å². The summed E-state index contributed by atoms with van der Waals surface area (Å²) in [5, 5.41) is 18.0. The monoisotopic (exact) mass is 469 g/mol. The summed E-state index contributed by atoms with van der Waals surface area (Å²) in [5.74, 6) is 2.56. The van der Waals surface area contributed by atoms with Crippen molar-refractivity contribution in [2.75, 3.05) is 10.6 Å². The van der Waals surface area contributed by atoms with Gasteiger partial charge in [-0.05, 0) is 53.1 Å². The molecule has 0 bridgehead atoms. The molecule has 7 nitrogen and oxygen atoms in total. The van der Waals surface area contributed by atoms with Crippen molar-refractivity contribution in [3.63, 3.8) is 0 Å². The molecular formula is C24H20F3N4O3+. The van der Waals surface area contributed by atoms with Crippen LogP contribution in [0, 0.1) is 12.3 Å². The Kier molecular flexibility index (Phi) is 7.38. The van der Waals surface area contributed by atoms with Crippen LogP contribution in [0.5, 0.6) is 0 Å². The number of aromatic nitrogens is 2. The van der Waals surface area contributed by atoms with Crippen LogP contribution in [-0.2, 0) is 12.7 Å². The largest absolute Gasteiger partial charge is 0.513 e. The van der Waals surface area contributed by atoms with E-state index >= 15 is 0 Å². The highest BCUT2D eigenvalue weighted by Crippen LogP contribution is 2.30. The average Bonchev–Trinajstić information content (AvgIpc) is 3.19. The lowest BCUT2D eigenvalue weighted by atomic mass is 10.0. The Morgan fingerprint density at radius 1 is 1.24 bits per heavy atom. The van der Waals surface area contributed by atoms with Crippen LogP contribution in [0.2, 0.25) is 0 Å². The lowest BCUT2D eigenvalue weighted by Crippen LogP contribution is -2.35. The zero-order valence-corrected chi connectivity index (χ0v) is 17.9. The van der Waals surface area contributed by atoms with Crippen LogP contribution in [0.1, 0.15) is 23.6 Å². The number of hydrogen-bond acceptors (Lipinski definition) is 4. The number of hydrogen-bond donors (Lipinski definition) is 3. The summed E-state index contributed by atoms with van der Waals surface area (Å²) < 4.78 is 44.9. The van der Waals surface area contributed by atoms with Gasteiger partial charge in [0.15, 0.2) is 0 Å². The summed E-state index contributed by atoms with van der Waals surface area (Å²) in [5.41, 5.74) is 1.46. The second kappa shape index (κ2) is 10.4. The van der Waals surface area contributed by atoms with E-state index in [2.05, 4.69) is 21.8 Å². The van der Waals surface area contributed by atoms with Crippen LogP contribution in [0.4, 0.5) is 29.5 Å². The molecule has 0 aliphatic carbocycles. The number of allylic oxidation sites excluding steroid dienone is 4. The maximum absolute atomic E-state index is 12.8.